The standard InChI is InChI=1S/4C5H5.2ClH.2Zr/c4*1-2-4-5-3-1;;;;/h4*1-5H;2*1H;;/q4*-1;;;2*+4/p-2. The van der Waals surface area contributed by atoms with Gasteiger partial charge in [0, 0.05) is 0 Å². The maximum atomic E-state index is 2.00. The second-order valence-corrected chi connectivity index (χ2v) is 3.85. The predicted octanol–water partition coefficient (Wildman–Crippen LogP) is -0.375. The smallest absolute Gasteiger partial charge is 1.00 e. The molecular formula is C20H20Cl2Zr2+2. The molecule has 0 nitrogen and oxygen atoms in total. The van der Waals surface area contributed by atoms with E-state index in [2.05, 4.69) is 0 Å². The zero-order valence-electron chi connectivity index (χ0n) is 13.3. The van der Waals surface area contributed by atoms with Crippen molar-refractivity contribution >= 4 is 0 Å². The van der Waals surface area contributed by atoms with Crippen molar-refractivity contribution in [2.24, 2.45) is 0 Å². The largest absolute Gasteiger partial charge is 4.00 e. The fraction of sp³-hybridized carbons (Fsp3) is 0. The summed E-state index contributed by atoms with van der Waals surface area (Å²) in [6, 6.07) is 40.0. The molecule has 0 bridgehead atoms. The third-order valence-electron chi connectivity index (χ3n) is 2.22. The van der Waals surface area contributed by atoms with Crippen LogP contribution in [-0.2, 0) is 52.4 Å². The molecule has 0 aliphatic carbocycles. The van der Waals surface area contributed by atoms with Crippen LogP contribution in [0.15, 0.2) is 121 Å². The Hall–Kier alpha value is -0.254. The van der Waals surface area contributed by atoms with Gasteiger partial charge < -0.3 is 24.8 Å². The summed E-state index contributed by atoms with van der Waals surface area (Å²) in [5.74, 6) is 0. The Morgan fingerprint density at radius 3 is 0.458 bits per heavy atom. The molecule has 4 heteroatoms. The van der Waals surface area contributed by atoms with Gasteiger partial charge in [0.2, 0.25) is 0 Å². The van der Waals surface area contributed by atoms with Crippen LogP contribution >= 0.6 is 0 Å². The van der Waals surface area contributed by atoms with Gasteiger partial charge in [-0.25, -0.2) is 48.5 Å². The van der Waals surface area contributed by atoms with Gasteiger partial charge >= 0.3 is 52.4 Å². The summed E-state index contributed by atoms with van der Waals surface area (Å²) in [4.78, 5) is 0. The van der Waals surface area contributed by atoms with Crippen LogP contribution in [0.3, 0.4) is 0 Å². The minimum absolute atomic E-state index is 0. The minimum atomic E-state index is 0. The molecule has 0 unspecified atom stereocenters. The summed E-state index contributed by atoms with van der Waals surface area (Å²) < 4.78 is 0. The molecule has 0 saturated heterocycles. The molecule has 24 heavy (non-hydrogen) atoms. The van der Waals surface area contributed by atoms with E-state index in [9.17, 15) is 0 Å². The zero-order chi connectivity index (χ0) is 14.1. The molecule has 4 rings (SSSR count). The van der Waals surface area contributed by atoms with E-state index in [4.69, 9.17) is 0 Å². The summed E-state index contributed by atoms with van der Waals surface area (Å²) in [6.07, 6.45) is 0. The van der Waals surface area contributed by atoms with Crippen LogP contribution in [0.2, 0.25) is 0 Å². The Balaban J connectivity index is -0.000000105. The summed E-state index contributed by atoms with van der Waals surface area (Å²) in [5.41, 5.74) is 0. The van der Waals surface area contributed by atoms with E-state index in [-0.39, 0.29) is 77.2 Å². The van der Waals surface area contributed by atoms with Gasteiger partial charge in [0.25, 0.3) is 0 Å². The van der Waals surface area contributed by atoms with Crippen molar-refractivity contribution in [3.05, 3.63) is 121 Å². The van der Waals surface area contributed by atoms with E-state index in [1.54, 1.807) is 0 Å². The van der Waals surface area contributed by atoms with E-state index in [1.807, 2.05) is 121 Å². The van der Waals surface area contributed by atoms with Crippen LogP contribution in [0.1, 0.15) is 0 Å². The molecule has 4 aromatic carbocycles. The molecule has 0 fully saturated rings. The quantitative estimate of drug-likeness (QED) is 0.282. The number of halogens is 2. The maximum Gasteiger partial charge on any atom is 4.00 e. The topological polar surface area (TPSA) is 0 Å². The van der Waals surface area contributed by atoms with E-state index in [1.165, 1.54) is 0 Å². The number of hydrogen-bond acceptors (Lipinski definition) is 0. The summed E-state index contributed by atoms with van der Waals surface area (Å²) in [5, 5.41) is 0. The van der Waals surface area contributed by atoms with Crippen molar-refractivity contribution in [1.29, 1.82) is 0 Å². The first-order valence-corrected chi connectivity index (χ1v) is 6.67. The monoisotopic (exact) mass is 510 g/mol. The molecule has 0 aliphatic heterocycles. The summed E-state index contributed by atoms with van der Waals surface area (Å²) in [7, 11) is 0. The summed E-state index contributed by atoms with van der Waals surface area (Å²) >= 11 is 0. The average molecular weight is 514 g/mol. The van der Waals surface area contributed by atoms with Crippen LogP contribution in [0, 0.1) is 0 Å². The van der Waals surface area contributed by atoms with Crippen LogP contribution in [0.5, 0.6) is 0 Å². The number of rotatable bonds is 0. The maximum absolute atomic E-state index is 2.00. The van der Waals surface area contributed by atoms with Gasteiger partial charge in [-0.05, 0) is 0 Å². The zero-order valence-corrected chi connectivity index (χ0v) is 19.7. The molecule has 0 spiro atoms. The fourth-order valence-electron chi connectivity index (χ4n) is 1.28. The molecule has 120 valence electrons. The average Bonchev–Trinajstić information content (AvgIpc) is 3.40. The molecule has 0 amide bonds. The SMILES string of the molecule is [Cl-].[Cl-].[Zr+4].[Zr+4].c1cc[cH-]c1.c1cc[cH-]c1.c1cc[cH-]c1.c1cc[cH-]c1. The Labute approximate surface area is 196 Å². The third kappa shape index (κ3) is 24.0. The van der Waals surface area contributed by atoms with Gasteiger partial charge in [0.1, 0.15) is 0 Å². The molecule has 0 saturated carbocycles. The van der Waals surface area contributed by atoms with Gasteiger partial charge in [-0.2, -0.15) is 72.8 Å². The molecule has 0 radical (unpaired) electrons. The first-order valence-electron chi connectivity index (χ1n) is 6.67. The van der Waals surface area contributed by atoms with Crippen molar-refractivity contribution in [3.8, 4) is 0 Å². The Kier molecular flexibility index (Phi) is 36.2. The van der Waals surface area contributed by atoms with Crippen LogP contribution in [-0.4, -0.2) is 0 Å². The molecule has 4 aromatic rings. The van der Waals surface area contributed by atoms with E-state index in [0.717, 1.165) is 0 Å². The fourth-order valence-corrected chi connectivity index (χ4v) is 1.28. The van der Waals surface area contributed by atoms with Crippen molar-refractivity contribution in [1.82, 2.24) is 0 Å². The van der Waals surface area contributed by atoms with E-state index < -0.39 is 0 Å². The first kappa shape index (κ1) is 31.5. The molecule has 0 atom stereocenters. The van der Waals surface area contributed by atoms with E-state index in [0.29, 0.717) is 0 Å². The van der Waals surface area contributed by atoms with Crippen molar-refractivity contribution < 1.29 is 77.2 Å². The van der Waals surface area contributed by atoms with Gasteiger partial charge in [-0.15, -0.1) is 0 Å². The van der Waals surface area contributed by atoms with Gasteiger partial charge in [0.15, 0.2) is 0 Å². The molecule has 0 N–H and O–H groups in total. The van der Waals surface area contributed by atoms with Crippen molar-refractivity contribution in [3.63, 3.8) is 0 Å². The Morgan fingerprint density at radius 2 is 0.417 bits per heavy atom. The van der Waals surface area contributed by atoms with Gasteiger partial charge in [-0.3, -0.25) is 0 Å². The van der Waals surface area contributed by atoms with Gasteiger partial charge in [0.05, 0.1) is 0 Å². The van der Waals surface area contributed by atoms with Crippen LogP contribution in [0.25, 0.3) is 0 Å². The number of hydrogen-bond donors (Lipinski definition) is 0. The first-order chi connectivity index (χ1) is 10.0. The molecular weight excluding hydrogens is 494 g/mol. The van der Waals surface area contributed by atoms with Crippen molar-refractivity contribution in [2.45, 2.75) is 0 Å². The molecule has 0 aromatic heterocycles. The predicted molar refractivity (Wildman–Crippen MR) is 88.1 cm³/mol. The van der Waals surface area contributed by atoms with Crippen LogP contribution < -0.4 is 24.8 Å². The van der Waals surface area contributed by atoms with Gasteiger partial charge in [-0.1, -0.05) is 0 Å². The molecule has 0 heterocycles. The summed E-state index contributed by atoms with van der Waals surface area (Å²) in [6.45, 7) is 0. The Morgan fingerprint density at radius 1 is 0.292 bits per heavy atom. The third-order valence-corrected chi connectivity index (χ3v) is 2.22. The second-order valence-electron chi connectivity index (χ2n) is 3.85. The second kappa shape index (κ2) is 27.6. The normalized spacial score (nSPS) is 6.67. The minimum Gasteiger partial charge on any atom is -1.00 e. The van der Waals surface area contributed by atoms with Crippen LogP contribution in [0.4, 0.5) is 0 Å². The van der Waals surface area contributed by atoms with E-state index >= 15 is 0 Å². The van der Waals surface area contributed by atoms with Crippen molar-refractivity contribution in [2.75, 3.05) is 0 Å². The Bertz CT molecular complexity index is 351. The molecule has 0 aliphatic rings.